The fourth-order valence-electron chi connectivity index (χ4n) is 7.62. The Morgan fingerprint density at radius 2 is 0.588 bits per heavy atom. The first kappa shape index (κ1) is 61.5. The van der Waals surface area contributed by atoms with Gasteiger partial charge in [0.15, 0.2) is 0 Å². The van der Waals surface area contributed by atoms with Crippen LogP contribution >= 0.6 is 140 Å². The van der Waals surface area contributed by atoms with E-state index in [2.05, 4.69) is 10.6 Å². The number of non-ortho nitro benzene ring substituents is 4. The quantitative estimate of drug-likeness (QED) is 0.0765. The van der Waals surface area contributed by atoms with Crippen molar-refractivity contribution in [3.8, 4) is 44.5 Å². The van der Waals surface area contributed by atoms with Crippen molar-refractivity contribution in [2.24, 2.45) is 0 Å². The van der Waals surface area contributed by atoms with Crippen molar-refractivity contribution in [1.82, 2.24) is 0 Å². The Bertz CT molecular complexity index is 3690. The van der Waals surface area contributed by atoms with Crippen LogP contribution < -0.4 is 10.6 Å². The molecule has 16 nitrogen and oxygen atoms in total. The zero-order chi connectivity index (χ0) is 58.6. The van der Waals surface area contributed by atoms with E-state index in [4.69, 9.17) is 116 Å². The standard InChI is InChI=1S/C28H18Cl4N4O6S.C24H10Cl6N2O4S/c1-13(37)33-21-7-9-23(27(31)25(21)17-5-3-15(35(39)40)11-19(17)29)43-24-10-8-22(34-14(2)38)26(28(24)32)18-6-4-16(36(41)42)12-20(18)30;25-15-5-7-19(23(29)21(15)13-3-1-11(31(33)34)9-17(13)27)37-20-8-6-16(26)22(24(20)30)14-4-2-12(32(35)36)10-18(14)28/h3-12H,1-2H3,(H,33,37)(H,34,38);1-10H. The lowest BCUT2D eigenvalue weighted by atomic mass is 10.0. The van der Waals surface area contributed by atoms with E-state index >= 15 is 0 Å². The molecule has 2 N–H and O–H groups in total. The molecule has 80 heavy (non-hydrogen) atoms. The van der Waals surface area contributed by atoms with Crippen LogP contribution in [0.3, 0.4) is 0 Å². The Hall–Kier alpha value is -6.10. The molecule has 8 aromatic carbocycles. The second kappa shape index (κ2) is 26.2. The summed E-state index contributed by atoms with van der Waals surface area (Å²) < 4.78 is 0. The predicted octanol–water partition coefficient (Wildman–Crippen LogP) is 20.4. The van der Waals surface area contributed by atoms with Gasteiger partial charge in [-0.05, 0) is 72.8 Å². The van der Waals surface area contributed by atoms with Crippen molar-refractivity contribution in [3.05, 3.63) is 212 Å². The lowest BCUT2D eigenvalue weighted by molar-refractivity contribution is -0.385. The van der Waals surface area contributed by atoms with Crippen molar-refractivity contribution in [2.45, 2.75) is 33.4 Å². The zero-order valence-electron chi connectivity index (χ0n) is 40.0. The summed E-state index contributed by atoms with van der Waals surface area (Å²) in [6.07, 6.45) is 0. The maximum absolute atomic E-state index is 11.9. The van der Waals surface area contributed by atoms with Crippen LogP contribution in [0.1, 0.15) is 13.8 Å². The predicted molar refractivity (Wildman–Crippen MR) is 321 cm³/mol. The van der Waals surface area contributed by atoms with Gasteiger partial charge in [0.2, 0.25) is 11.8 Å². The lowest BCUT2D eigenvalue weighted by Crippen LogP contribution is -2.08. The highest BCUT2D eigenvalue weighted by Crippen LogP contribution is 2.52. The molecule has 0 saturated carbocycles. The van der Waals surface area contributed by atoms with Gasteiger partial charge in [-0.3, -0.25) is 50.0 Å². The van der Waals surface area contributed by atoms with Gasteiger partial charge in [0.25, 0.3) is 22.7 Å². The first-order valence-corrected chi connectivity index (χ1v) is 27.5. The molecule has 0 fully saturated rings. The van der Waals surface area contributed by atoms with Crippen LogP contribution in [0, 0.1) is 40.5 Å². The molecule has 0 radical (unpaired) electrons. The minimum absolute atomic E-state index is 0.0395. The number of hydrogen-bond acceptors (Lipinski definition) is 12. The second-order valence-corrected chi connectivity index (χ2v) is 22.4. The summed E-state index contributed by atoms with van der Waals surface area (Å²) in [6.45, 7) is 2.64. The van der Waals surface area contributed by atoms with Crippen LogP contribution in [0.4, 0.5) is 34.1 Å². The molecule has 0 saturated heterocycles. The van der Waals surface area contributed by atoms with Crippen LogP contribution in [0.15, 0.2) is 141 Å². The van der Waals surface area contributed by atoms with E-state index in [-0.39, 0.29) is 74.7 Å². The highest BCUT2D eigenvalue weighted by atomic mass is 35.5. The maximum Gasteiger partial charge on any atom is 0.270 e. The first-order chi connectivity index (χ1) is 37.8. The third-order valence-electron chi connectivity index (χ3n) is 11.1. The Morgan fingerprint density at radius 3 is 0.825 bits per heavy atom. The van der Waals surface area contributed by atoms with Crippen LogP contribution in [0.25, 0.3) is 44.5 Å². The van der Waals surface area contributed by atoms with Gasteiger partial charge in [0.05, 0.1) is 81.3 Å². The van der Waals surface area contributed by atoms with Gasteiger partial charge in [-0.25, -0.2) is 0 Å². The molecule has 0 aromatic heterocycles. The third kappa shape index (κ3) is 13.8. The third-order valence-corrected chi connectivity index (χ3v) is 17.3. The summed E-state index contributed by atoms with van der Waals surface area (Å²) in [7, 11) is 0. The van der Waals surface area contributed by atoms with Gasteiger partial charge >= 0.3 is 0 Å². The van der Waals surface area contributed by atoms with E-state index in [1.54, 1.807) is 48.5 Å². The van der Waals surface area contributed by atoms with Gasteiger partial charge in [-0.2, -0.15) is 0 Å². The second-order valence-electron chi connectivity index (χ2n) is 16.3. The van der Waals surface area contributed by atoms with Crippen molar-refractivity contribution in [2.75, 3.05) is 10.6 Å². The molecular weight excluding hydrogens is 1290 g/mol. The molecule has 0 aliphatic carbocycles. The van der Waals surface area contributed by atoms with Crippen molar-refractivity contribution in [1.29, 1.82) is 0 Å². The van der Waals surface area contributed by atoms with E-state index in [0.717, 1.165) is 11.8 Å². The fraction of sp³-hybridized carbons (Fsp3) is 0.0385. The van der Waals surface area contributed by atoms with Crippen molar-refractivity contribution >= 4 is 185 Å². The van der Waals surface area contributed by atoms with E-state index in [1.165, 1.54) is 98.4 Å². The number of carbonyl (C=O) groups excluding carboxylic acids is 2. The summed E-state index contributed by atoms with van der Waals surface area (Å²) >= 11 is 68.0. The molecule has 0 heterocycles. The largest absolute Gasteiger partial charge is 0.326 e. The van der Waals surface area contributed by atoms with E-state index < -0.39 is 19.7 Å². The highest BCUT2D eigenvalue weighted by Gasteiger charge is 2.26. The highest BCUT2D eigenvalue weighted by molar-refractivity contribution is 7.99. The number of nitro groups is 4. The van der Waals surface area contributed by atoms with Crippen LogP contribution in [-0.2, 0) is 9.59 Å². The summed E-state index contributed by atoms with van der Waals surface area (Å²) in [5.41, 5.74) is 2.84. The fourth-order valence-corrected chi connectivity index (χ4v) is 12.6. The average Bonchev–Trinajstić information content (AvgIpc) is 3.52. The van der Waals surface area contributed by atoms with Gasteiger partial charge in [-0.15, -0.1) is 0 Å². The number of anilines is 2. The normalized spacial score (nSPS) is 10.8. The number of halogens is 10. The number of nitro benzene ring substituents is 4. The molecule has 8 aromatic rings. The molecule has 0 aliphatic heterocycles. The number of rotatable bonds is 14. The lowest BCUT2D eigenvalue weighted by Gasteiger charge is -2.19. The van der Waals surface area contributed by atoms with Crippen LogP contribution in [0.2, 0.25) is 50.2 Å². The smallest absolute Gasteiger partial charge is 0.270 e. The maximum atomic E-state index is 11.9. The number of benzene rings is 8. The average molecular weight is 1320 g/mol. The van der Waals surface area contributed by atoms with E-state index in [0.29, 0.717) is 85.5 Å². The molecule has 408 valence electrons. The van der Waals surface area contributed by atoms with Crippen molar-refractivity contribution in [3.63, 3.8) is 0 Å². The molecular formula is C52H28Cl10N6O10S2. The SMILES string of the molecule is CC(=O)Nc1ccc(Sc2ccc(NC(C)=O)c(-c3ccc([N+](=O)[O-])cc3Cl)c2Cl)c(Cl)c1-c1ccc([N+](=O)[O-])cc1Cl.O=[N+]([O-])c1ccc(-c2c(Cl)ccc(Sc3ccc(Cl)c(-c4ccc([N+](=O)[O-])cc4Cl)c3Cl)c2Cl)c(Cl)c1. The Labute approximate surface area is 511 Å². The monoisotopic (exact) mass is 1310 g/mol. The molecule has 28 heteroatoms. The molecule has 0 bridgehead atoms. The summed E-state index contributed by atoms with van der Waals surface area (Å²) in [6, 6.07) is 29.0. The summed E-state index contributed by atoms with van der Waals surface area (Å²) in [5.74, 6) is -0.756. The van der Waals surface area contributed by atoms with Crippen molar-refractivity contribution < 1.29 is 29.3 Å². The number of hydrogen-bond donors (Lipinski definition) is 2. The van der Waals surface area contributed by atoms with Gasteiger partial charge < -0.3 is 10.6 Å². The van der Waals surface area contributed by atoms with Crippen LogP contribution in [-0.4, -0.2) is 31.5 Å². The van der Waals surface area contributed by atoms with Crippen LogP contribution in [0.5, 0.6) is 0 Å². The zero-order valence-corrected chi connectivity index (χ0v) is 49.2. The van der Waals surface area contributed by atoms with Gasteiger partial charge in [-0.1, -0.05) is 140 Å². The number of carbonyl (C=O) groups is 2. The minimum atomic E-state index is -0.584. The molecule has 8 rings (SSSR count). The molecule has 0 atom stereocenters. The summed E-state index contributed by atoms with van der Waals surface area (Å²) in [5, 5.41) is 51.8. The first-order valence-electron chi connectivity index (χ1n) is 22.1. The number of amides is 2. The molecule has 2 amide bonds. The van der Waals surface area contributed by atoms with E-state index in [1.807, 2.05) is 0 Å². The number of nitrogens with one attached hydrogen (secondary N) is 2. The summed E-state index contributed by atoms with van der Waals surface area (Å²) in [4.78, 5) is 68.3. The van der Waals surface area contributed by atoms with Gasteiger partial charge in [0.1, 0.15) is 0 Å². The topological polar surface area (TPSA) is 231 Å². The minimum Gasteiger partial charge on any atom is -0.326 e. The number of nitrogens with zero attached hydrogens (tertiary/aromatic N) is 4. The Morgan fingerprint density at radius 1 is 0.350 bits per heavy atom. The Balaban J connectivity index is 0.000000234. The van der Waals surface area contributed by atoms with Gasteiger partial charge in [0, 0.05) is 126 Å². The van der Waals surface area contributed by atoms with E-state index in [9.17, 15) is 50.0 Å². The Kier molecular flexibility index (Phi) is 20.2. The molecule has 0 unspecified atom stereocenters. The molecule has 0 aliphatic rings. The molecule has 0 spiro atoms.